The van der Waals surface area contributed by atoms with Crippen molar-refractivity contribution in [3.63, 3.8) is 0 Å². The van der Waals surface area contributed by atoms with Crippen molar-refractivity contribution in [2.24, 2.45) is 17.8 Å². The topological polar surface area (TPSA) is 63.6 Å². The molecule has 2 aliphatic rings. The number of rotatable bonds is 7. The van der Waals surface area contributed by atoms with Crippen molar-refractivity contribution < 1.29 is 19.4 Å². The van der Waals surface area contributed by atoms with E-state index >= 15 is 0 Å². The van der Waals surface area contributed by atoms with Gasteiger partial charge < -0.3 is 9.84 Å². The highest BCUT2D eigenvalue weighted by molar-refractivity contribution is 5.76. The van der Waals surface area contributed by atoms with Crippen LogP contribution in [0.5, 0.6) is 0 Å². The van der Waals surface area contributed by atoms with Gasteiger partial charge in [-0.15, -0.1) is 0 Å². The van der Waals surface area contributed by atoms with Crippen molar-refractivity contribution in [3.8, 4) is 0 Å². The van der Waals surface area contributed by atoms with E-state index in [4.69, 9.17) is 9.84 Å². The molecule has 0 bridgehead atoms. The molecule has 0 amide bonds. The minimum Gasteiger partial charge on any atom is -0.481 e. The fourth-order valence-corrected chi connectivity index (χ4v) is 3.35. The molecule has 108 valence electrons. The predicted octanol–water partition coefficient (Wildman–Crippen LogP) is 3.00. The summed E-state index contributed by atoms with van der Waals surface area (Å²) >= 11 is 0. The number of carbonyl (C=O) groups is 2. The van der Waals surface area contributed by atoms with Gasteiger partial charge in [-0.1, -0.05) is 32.1 Å². The molecule has 2 saturated carbocycles. The van der Waals surface area contributed by atoms with Crippen LogP contribution < -0.4 is 0 Å². The summed E-state index contributed by atoms with van der Waals surface area (Å²) in [5, 5.41) is 8.46. The Kier molecular flexibility index (Phi) is 5.23. The summed E-state index contributed by atoms with van der Waals surface area (Å²) < 4.78 is 5.08. The van der Waals surface area contributed by atoms with E-state index in [2.05, 4.69) is 0 Å². The lowest BCUT2D eigenvalue weighted by atomic mass is 9.85. The van der Waals surface area contributed by atoms with Crippen molar-refractivity contribution in [3.05, 3.63) is 0 Å². The molecule has 0 spiro atoms. The fraction of sp³-hybridized carbons (Fsp3) is 0.867. The number of ether oxygens (including phenoxy) is 1. The van der Waals surface area contributed by atoms with Crippen LogP contribution >= 0.6 is 0 Å². The quantitative estimate of drug-likeness (QED) is 0.721. The summed E-state index contributed by atoms with van der Waals surface area (Å²) in [6.07, 6.45) is 9.07. The third kappa shape index (κ3) is 4.84. The third-order valence-electron chi connectivity index (χ3n) is 4.53. The van der Waals surface area contributed by atoms with Gasteiger partial charge in [0.2, 0.25) is 0 Å². The average Bonchev–Trinajstić information content (AvgIpc) is 3.17. The lowest BCUT2D eigenvalue weighted by molar-refractivity contribution is -0.147. The molecule has 4 nitrogen and oxygen atoms in total. The second-order valence-electron chi connectivity index (χ2n) is 5.96. The Bertz CT molecular complexity index is 320. The summed E-state index contributed by atoms with van der Waals surface area (Å²) in [6.45, 7) is 0.465. The van der Waals surface area contributed by atoms with Gasteiger partial charge in [-0.3, -0.25) is 9.59 Å². The van der Waals surface area contributed by atoms with Gasteiger partial charge in [-0.2, -0.15) is 0 Å². The van der Waals surface area contributed by atoms with Crippen molar-refractivity contribution in [2.75, 3.05) is 6.61 Å². The van der Waals surface area contributed by atoms with E-state index in [0.29, 0.717) is 6.61 Å². The summed E-state index contributed by atoms with van der Waals surface area (Å²) in [7, 11) is 0. The van der Waals surface area contributed by atoms with Crippen LogP contribution in [0.15, 0.2) is 0 Å². The van der Waals surface area contributed by atoms with Gasteiger partial charge in [0.05, 0.1) is 19.4 Å². The zero-order valence-electron chi connectivity index (χ0n) is 11.5. The van der Waals surface area contributed by atoms with E-state index in [1.165, 1.54) is 38.5 Å². The lowest BCUT2D eigenvalue weighted by Gasteiger charge is -2.21. The standard InChI is InChI=1S/C15H24O4/c16-14(17)6-7-15(18)19-9-8-12-10-13(12)11-4-2-1-3-5-11/h11-13H,1-10H2,(H,16,17)/t12-,13-/m1/s1. The van der Waals surface area contributed by atoms with Crippen molar-refractivity contribution in [2.45, 2.75) is 57.8 Å². The van der Waals surface area contributed by atoms with Crippen LogP contribution in [-0.2, 0) is 14.3 Å². The van der Waals surface area contributed by atoms with Crippen LogP contribution in [0.3, 0.4) is 0 Å². The number of carboxylic acid groups (broad SMARTS) is 1. The SMILES string of the molecule is O=C(O)CCC(=O)OCC[C@@H]1C[C@@H]1C1CCCCC1. The molecule has 0 unspecified atom stereocenters. The maximum absolute atomic E-state index is 11.2. The molecule has 0 radical (unpaired) electrons. The minimum atomic E-state index is -0.948. The van der Waals surface area contributed by atoms with Gasteiger partial charge in [-0.05, 0) is 30.6 Å². The molecule has 0 aromatic carbocycles. The van der Waals surface area contributed by atoms with E-state index in [9.17, 15) is 9.59 Å². The molecule has 19 heavy (non-hydrogen) atoms. The molecule has 0 aromatic rings. The fourth-order valence-electron chi connectivity index (χ4n) is 3.35. The Hall–Kier alpha value is -1.06. The Balaban J connectivity index is 1.53. The smallest absolute Gasteiger partial charge is 0.306 e. The van der Waals surface area contributed by atoms with E-state index in [-0.39, 0.29) is 18.8 Å². The predicted molar refractivity (Wildman–Crippen MR) is 70.6 cm³/mol. The monoisotopic (exact) mass is 268 g/mol. The van der Waals surface area contributed by atoms with Gasteiger partial charge >= 0.3 is 11.9 Å². The Labute approximate surface area is 114 Å². The molecule has 0 aliphatic heterocycles. The molecule has 0 saturated heterocycles. The minimum absolute atomic E-state index is 0.00788. The third-order valence-corrected chi connectivity index (χ3v) is 4.53. The zero-order valence-corrected chi connectivity index (χ0v) is 11.5. The van der Waals surface area contributed by atoms with Gasteiger partial charge in [0.15, 0.2) is 0 Å². The first-order valence-corrected chi connectivity index (χ1v) is 7.54. The van der Waals surface area contributed by atoms with Crippen LogP contribution in [0.1, 0.15) is 57.8 Å². The second kappa shape index (κ2) is 6.92. The first kappa shape index (κ1) is 14.4. The number of hydrogen-bond donors (Lipinski definition) is 1. The molecular formula is C15H24O4. The molecule has 1 N–H and O–H groups in total. The van der Waals surface area contributed by atoms with Crippen LogP contribution in [0, 0.1) is 17.8 Å². The molecule has 2 atom stereocenters. The number of aliphatic carboxylic acids is 1. The summed E-state index contributed by atoms with van der Waals surface area (Å²) in [6, 6.07) is 0. The molecule has 0 aromatic heterocycles. The molecule has 2 rings (SSSR count). The van der Waals surface area contributed by atoms with Crippen LogP contribution in [-0.4, -0.2) is 23.7 Å². The lowest BCUT2D eigenvalue weighted by Crippen LogP contribution is -2.11. The molecule has 2 aliphatic carbocycles. The number of carboxylic acids is 1. The highest BCUT2D eigenvalue weighted by Crippen LogP contribution is 2.50. The Morgan fingerprint density at radius 2 is 1.84 bits per heavy atom. The van der Waals surface area contributed by atoms with E-state index < -0.39 is 5.97 Å². The first-order chi connectivity index (χ1) is 9.16. The highest BCUT2D eigenvalue weighted by atomic mass is 16.5. The molecule has 2 fully saturated rings. The Morgan fingerprint density at radius 3 is 2.53 bits per heavy atom. The zero-order chi connectivity index (χ0) is 13.7. The summed E-state index contributed by atoms with van der Waals surface area (Å²) in [5.41, 5.74) is 0. The van der Waals surface area contributed by atoms with Gasteiger partial charge in [0.25, 0.3) is 0 Å². The van der Waals surface area contributed by atoms with E-state index in [1.54, 1.807) is 0 Å². The van der Waals surface area contributed by atoms with Crippen molar-refractivity contribution in [1.29, 1.82) is 0 Å². The number of carbonyl (C=O) groups excluding carboxylic acids is 1. The summed E-state index contributed by atoms with van der Waals surface area (Å²) in [5.74, 6) is 1.21. The van der Waals surface area contributed by atoms with Crippen LogP contribution in [0.25, 0.3) is 0 Å². The van der Waals surface area contributed by atoms with Gasteiger partial charge in [-0.25, -0.2) is 0 Å². The van der Waals surface area contributed by atoms with E-state index in [0.717, 1.165) is 24.2 Å². The maximum atomic E-state index is 11.2. The summed E-state index contributed by atoms with van der Waals surface area (Å²) in [4.78, 5) is 21.6. The largest absolute Gasteiger partial charge is 0.481 e. The highest BCUT2D eigenvalue weighted by Gasteiger charge is 2.42. The maximum Gasteiger partial charge on any atom is 0.306 e. The molecule has 0 heterocycles. The molecular weight excluding hydrogens is 244 g/mol. The molecule has 4 heteroatoms. The normalized spacial score (nSPS) is 26.9. The first-order valence-electron chi connectivity index (χ1n) is 7.54. The van der Waals surface area contributed by atoms with Crippen LogP contribution in [0.2, 0.25) is 0 Å². The van der Waals surface area contributed by atoms with Crippen molar-refractivity contribution >= 4 is 11.9 Å². The van der Waals surface area contributed by atoms with Crippen molar-refractivity contribution in [1.82, 2.24) is 0 Å². The van der Waals surface area contributed by atoms with Gasteiger partial charge in [0, 0.05) is 0 Å². The van der Waals surface area contributed by atoms with E-state index in [1.807, 2.05) is 0 Å². The Morgan fingerprint density at radius 1 is 1.11 bits per heavy atom. The average molecular weight is 268 g/mol. The van der Waals surface area contributed by atoms with Gasteiger partial charge in [0.1, 0.15) is 0 Å². The second-order valence-corrected chi connectivity index (χ2v) is 5.96. The number of esters is 1. The number of hydrogen-bond acceptors (Lipinski definition) is 3. The van der Waals surface area contributed by atoms with Crippen LogP contribution in [0.4, 0.5) is 0 Å².